The Morgan fingerprint density at radius 2 is 1.82 bits per heavy atom. The number of benzene rings is 2. The van der Waals surface area contributed by atoms with Crippen LogP contribution in [0.4, 0.5) is 0 Å². The van der Waals surface area contributed by atoms with Crippen LogP contribution in [0.15, 0.2) is 59.4 Å². The summed E-state index contributed by atoms with van der Waals surface area (Å²) < 4.78 is 3.80. The number of carbonyl (C=O) groups excluding carboxylic acids is 1. The summed E-state index contributed by atoms with van der Waals surface area (Å²) in [6, 6.07) is 17.6. The van der Waals surface area contributed by atoms with Crippen molar-refractivity contribution in [2.45, 2.75) is 26.4 Å². The van der Waals surface area contributed by atoms with E-state index >= 15 is 0 Å². The molecular weight excluding hydrogens is 352 g/mol. The molecule has 0 saturated carbocycles. The average Bonchev–Trinajstić information content (AvgIpc) is 3.01. The Hall–Kier alpha value is -3.41. The average molecular weight is 372 g/mol. The number of fused-ring (bicyclic) bond motifs is 4. The fourth-order valence-electron chi connectivity index (χ4n) is 4.16. The van der Waals surface area contributed by atoms with Crippen molar-refractivity contribution < 1.29 is 4.79 Å². The van der Waals surface area contributed by atoms with Gasteiger partial charge in [-0.2, -0.15) is 4.98 Å². The molecule has 1 amide bonds. The molecule has 0 spiro atoms. The van der Waals surface area contributed by atoms with E-state index in [1.165, 1.54) is 17.2 Å². The summed E-state index contributed by atoms with van der Waals surface area (Å²) in [6.45, 7) is 3.43. The molecule has 0 aliphatic carbocycles. The van der Waals surface area contributed by atoms with E-state index in [0.29, 0.717) is 12.2 Å². The Labute approximate surface area is 161 Å². The first-order valence-corrected chi connectivity index (χ1v) is 9.44. The van der Waals surface area contributed by atoms with Crippen molar-refractivity contribution in [1.29, 1.82) is 0 Å². The second-order valence-corrected chi connectivity index (χ2v) is 7.28. The van der Waals surface area contributed by atoms with Gasteiger partial charge in [-0.15, -0.1) is 0 Å². The van der Waals surface area contributed by atoms with E-state index in [1.54, 1.807) is 0 Å². The first-order chi connectivity index (χ1) is 13.6. The molecule has 1 aliphatic rings. The molecule has 0 saturated heterocycles. The van der Waals surface area contributed by atoms with E-state index in [4.69, 9.17) is 0 Å². The van der Waals surface area contributed by atoms with Crippen LogP contribution < -0.4 is 5.56 Å². The summed E-state index contributed by atoms with van der Waals surface area (Å²) in [5, 5.41) is 0.875. The molecule has 0 N–H and O–H groups in total. The smallest absolute Gasteiger partial charge is 0.273 e. The van der Waals surface area contributed by atoms with Gasteiger partial charge in [0.2, 0.25) is 5.91 Å². The third-order valence-corrected chi connectivity index (χ3v) is 5.52. The molecule has 0 bridgehead atoms. The van der Waals surface area contributed by atoms with Gasteiger partial charge >= 0.3 is 0 Å². The van der Waals surface area contributed by atoms with Crippen LogP contribution in [0.3, 0.4) is 0 Å². The SMILES string of the molecule is Cc1cc(=O)nc2c3ccccc3n(CC(=O)N3CCc4ccccc4C3)n12. The molecule has 4 aromatic rings. The highest BCUT2D eigenvalue weighted by Gasteiger charge is 2.22. The maximum Gasteiger partial charge on any atom is 0.273 e. The van der Waals surface area contributed by atoms with Gasteiger partial charge in [0.15, 0.2) is 5.65 Å². The first-order valence-electron chi connectivity index (χ1n) is 9.44. The Morgan fingerprint density at radius 1 is 1.07 bits per heavy atom. The number of nitrogens with zero attached hydrogens (tertiary/aromatic N) is 4. The van der Waals surface area contributed by atoms with Crippen LogP contribution in [0.2, 0.25) is 0 Å². The number of carbonyl (C=O) groups is 1. The zero-order chi connectivity index (χ0) is 19.3. The molecule has 0 fully saturated rings. The van der Waals surface area contributed by atoms with Crippen LogP contribution in [0.5, 0.6) is 0 Å². The highest BCUT2D eigenvalue weighted by Crippen LogP contribution is 2.23. The molecule has 5 rings (SSSR count). The number of amides is 1. The highest BCUT2D eigenvalue weighted by atomic mass is 16.2. The van der Waals surface area contributed by atoms with Gasteiger partial charge in [0.05, 0.1) is 5.52 Å². The van der Waals surface area contributed by atoms with Crippen molar-refractivity contribution in [3.8, 4) is 0 Å². The lowest BCUT2D eigenvalue weighted by Gasteiger charge is -2.29. The minimum Gasteiger partial charge on any atom is -0.336 e. The molecule has 2 aromatic heterocycles. The van der Waals surface area contributed by atoms with E-state index in [1.807, 2.05) is 57.4 Å². The quantitative estimate of drug-likeness (QED) is 0.543. The standard InChI is InChI=1S/C22H20N4O2/c1-15-12-20(27)23-22-18-8-4-5-9-19(18)25(26(15)22)14-21(28)24-11-10-16-6-2-3-7-17(16)13-24/h2-9,12H,10-11,13-14H2,1H3. The maximum absolute atomic E-state index is 13.2. The Balaban J connectivity index is 1.56. The summed E-state index contributed by atoms with van der Waals surface area (Å²) in [7, 11) is 0. The number of aryl methyl sites for hydroxylation is 1. The molecule has 6 nitrogen and oxygen atoms in total. The number of aromatic nitrogens is 3. The predicted molar refractivity (Wildman–Crippen MR) is 107 cm³/mol. The lowest BCUT2D eigenvalue weighted by molar-refractivity contribution is -0.132. The van der Waals surface area contributed by atoms with Gasteiger partial charge in [0.25, 0.3) is 5.56 Å². The van der Waals surface area contributed by atoms with Gasteiger partial charge < -0.3 is 4.90 Å². The van der Waals surface area contributed by atoms with E-state index in [0.717, 1.165) is 29.6 Å². The van der Waals surface area contributed by atoms with Gasteiger partial charge in [-0.1, -0.05) is 36.4 Å². The van der Waals surface area contributed by atoms with Crippen LogP contribution in [0.1, 0.15) is 16.8 Å². The van der Waals surface area contributed by atoms with E-state index in [2.05, 4.69) is 17.1 Å². The monoisotopic (exact) mass is 372 g/mol. The molecule has 3 heterocycles. The van der Waals surface area contributed by atoms with E-state index in [-0.39, 0.29) is 18.0 Å². The van der Waals surface area contributed by atoms with Crippen LogP contribution in [-0.4, -0.2) is 31.5 Å². The highest BCUT2D eigenvalue weighted by molar-refractivity contribution is 5.93. The second kappa shape index (κ2) is 6.34. The third kappa shape index (κ3) is 2.60. The van der Waals surface area contributed by atoms with Crippen molar-refractivity contribution in [2.24, 2.45) is 0 Å². The molecule has 0 atom stereocenters. The van der Waals surface area contributed by atoms with Crippen LogP contribution in [-0.2, 0) is 24.3 Å². The number of hydrogen-bond donors (Lipinski definition) is 0. The van der Waals surface area contributed by atoms with Gasteiger partial charge in [-0.25, -0.2) is 4.52 Å². The molecule has 140 valence electrons. The van der Waals surface area contributed by atoms with Crippen molar-refractivity contribution in [1.82, 2.24) is 19.1 Å². The van der Waals surface area contributed by atoms with Crippen molar-refractivity contribution in [3.63, 3.8) is 0 Å². The summed E-state index contributed by atoms with van der Waals surface area (Å²) in [5.74, 6) is 0.0651. The summed E-state index contributed by atoms with van der Waals surface area (Å²) in [4.78, 5) is 31.2. The minimum atomic E-state index is -0.264. The zero-order valence-electron chi connectivity index (χ0n) is 15.6. The van der Waals surface area contributed by atoms with Gasteiger partial charge in [-0.3, -0.25) is 14.3 Å². The number of rotatable bonds is 2. The van der Waals surface area contributed by atoms with E-state index < -0.39 is 0 Å². The molecule has 0 unspecified atom stereocenters. The molecule has 0 radical (unpaired) electrons. The Morgan fingerprint density at radius 3 is 2.68 bits per heavy atom. The van der Waals surface area contributed by atoms with E-state index in [9.17, 15) is 9.59 Å². The van der Waals surface area contributed by atoms with Crippen LogP contribution >= 0.6 is 0 Å². The minimum absolute atomic E-state index is 0.0651. The maximum atomic E-state index is 13.2. The lowest BCUT2D eigenvalue weighted by atomic mass is 10.00. The first kappa shape index (κ1) is 16.7. The van der Waals surface area contributed by atoms with Crippen molar-refractivity contribution in [3.05, 3.63) is 81.8 Å². The molecule has 28 heavy (non-hydrogen) atoms. The van der Waals surface area contributed by atoms with Gasteiger partial charge in [-0.05, 0) is 36.6 Å². The normalized spacial score (nSPS) is 13.8. The Kier molecular flexibility index (Phi) is 3.79. The number of para-hydroxylation sites is 1. The second-order valence-electron chi connectivity index (χ2n) is 7.28. The molecule has 1 aliphatic heterocycles. The topological polar surface area (TPSA) is 59.6 Å². The molecule has 2 aromatic carbocycles. The van der Waals surface area contributed by atoms with Crippen LogP contribution in [0.25, 0.3) is 16.6 Å². The fourth-order valence-corrected chi connectivity index (χ4v) is 4.16. The Bertz CT molecular complexity index is 1280. The molecular formula is C22H20N4O2. The van der Waals surface area contributed by atoms with Crippen molar-refractivity contribution >= 4 is 22.5 Å². The zero-order valence-corrected chi connectivity index (χ0v) is 15.6. The summed E-state index contributed by atoms with van der Waals surface area (Å²) >= 11 is 0. The lowest BCUT2D eigenvalue weighted by Crippen LogP contribution is -2.38. The van der Waals surface area contributed by atoms with Crippen molar-refractivity contribution in [2.75, 3.05) is 6.54 Å². The molecule has 6 heteroatoms. The summed E-state index contributed by atoms with van der Waals surface area (Å²) in [6.07, 6.45) is 0.877. The van der Waals surface area contributed by atoms with Gasteiger partial charge in [0, 0.05) is 30.2 Å². The van der Waals surface area contributed by atoms with Crippen LogP contribution in [0, 0.1) is 6.92 Å². The summed E-state index contributed by atoms with van der Waals surface area (Å²) in [5.41, 5.74) is 4.53. The van der Waals surface area contributed by atoms with Gasteiger partial charge in [0.1, 0.15) is 6.54 Å². The fraction of sp³-hybridized carbons (Fsp3) is 0.227. The third-order valence-electron chi connectivity index (χ3n) is 5.52. The number of hydrogen-bond acceptors (Lipinski definition) is 3. The largest absolute Gasteiger partial charge is 0.336 e. The predicted octanol–water partition coefficient (Wildman–Crippen LogP) is 2.54.